The van der Waals surface area contributed by atoms with Crippen LogP contribution in [0.1, 0.15) is 123 Å². The van der Waals surface area contributed by atoms with Gasteiger partial charge in [0.05, 0.1) is 12.7 Å². The summed E-state index contributed by atoms with van der Waals surface area (Å²) in [6.45, 7) is 28.5. The van der Waals surface area contributed by atoms with E-state index in [-0.39, 0.29) is 47.2 Å². The molecule has 0 spiro atoms. The highest BCUT2D eigenvalue weighted by Crippen LogP contribution is 2.41. The topological polar surface area (TPSA) is 159 Å². The van der Waals surface area contributed by atoms with Gasteiger partial charge in [0.15, 0.2) is 5.65 Å². The fourth-order valence-electron chi connectivity index (χ4n) is 7.24. The third-order valence-corrected chi connectivity index (χ3v) is 10.8. The van der Waals surface area contributed by atoms with Crippen molar-refractivity contribution in [2.24, 2.45) is 11.3 Å². The van der Waals surface area contributed by atoms with E-state index < -0.39 is 17.3 Å². The SMILES string of the molecule is C=CC(=O)Nc1cccc(C(=O)Nc2cccc(CN(C(=O)OC(C)(C)C)c3cc(NCC(C)(C)[C@@H]4CCC(C)(C)N(C(=O)OC(C)(C)C)C4)nc4c(C(C)C)cnn34)c2)c1. The van der Waals surface area contributed by atoms with Gasteiger partial charge in [-0.05, 0) is 127 Å². The molecule has 14 nitrogen and oxygen atoms in total. The number of nitrogens with zero attached hydrogens (tertiary/aromatic N) is 5. The number of aromatic nitrogens is 3. The molecule has 328 valence electrons. The molecule has 4 aromatic rings. The molecule has 2 aromatic heterocycles. The van der Waals surface area contributed by atoms with Crippen LogP contribution in [0.3, 0.4) is 0 Å². The second kappa shape index (κ2) is 18.0. The number of likely N-dealkylation sites (tertiary alicyclic amines) is 1. The van der Waals surface area contributed by atoms with Gasteiger partial charge in [0.1, 0.15) is 22.8 Å². The maximum absolute atomic E-state index is 14.3. The molecule has 0 unspecified atom stereocenters. The molecule has 2 aromatic carbocycles. The lowest BCUT2D eigenvalue weighted by atomic mass is 9.71. The Labute approximate surface area is 360 Å². The van der Waals surface area contributed by atoms with Crippen molar-refractivity contribution in [3.8, 4) is 0 Å². The van der Waals surface area contributed by atoms with E-state index in [1.807, 2.05) is 58.6 Å². The Kier molecular flexibility index (Phi) is 13.6. The van der Waals surface area contributed by atoms with Gasteiger partial charge < -0.3 is 30.3 Å². The first-order valence-corrected chi connectivity index (χ1v) is 20.9. The van der Waals surface area contributed by atoms with E-state index in [4.69, 9.17) is 19.6 Å². The van der Waals surface area contributed by atoms with Crippen molar-refractivity contribution in [3.63, 3.8) is 0 Å². The van der Waals surface area contributed by atoms with Crippen LogP contribution >= 0.6 is 0 Å². The van der Waals surface area contributed by atoms with E-state index in [1.54, 1.807) is 53.2 Å². The summed E-state index contributed by atoms with van der Waals surface area (Å²) in [5, 5.41) is 13.9. The number of hydrogen-bond acceptors (Lipinski definition) is 9. The Balaban J connectivity index is 1.46. The van der Waals surface area contributed by atoms with Gasteiger partial charge in [0, 0.05) is 47.2 Å². The van der Waals surface area contributed by atoms with Crippen molar-refractivity contribution in [1.29, 1.82) is 0 Å². The van der Waals surface area contributed by atoms with Crippen LogP contribution < -0.4 is 20.9 Å². The van der Waals surface area contributed by atoms with Gasteiger partial charge in [-0.25, -0.2) is 14.6 Å². The predicted octanol–water partition coefficient (Wildman–Crippen LogP) is 10.0. The van der Waals surface area contributed by atoms with Crippen LogP contribution in [0, 0.1) is 11.3 Å². The summed E-state index contributed by atoms with van der Waals surface area (Å²) in [4.78, 5) is 61.3. The molecule has 1 aliphatic heterocycles. The first kappa shape index (κ1) is 46.2. The highest BCUT2D eigenvalue weighted by molar-refractivity contribution is 6.06. The Morgan fingerprint density at radius 1 is 0.934 bits per heavy atom. The standard InChI is InChI=1S/C47H64N8O6/c1-14-38(56)50-35-20-16-18-32(24-35)41(57)51-34-19-15-17-31(23-34)27-53(42(58)60-44(4,5)6)39-25-37(52-40-36(30(2)3)26-49-55(39)40)48-29-46(10,11)33-21-22-47(12,13)54(28-33)43(59)61-45(7,8)9/h14-20,23-26,30,33H,1,21-22,27-29H2,2-13H3,(H,48,52)(H,50,56)(H,51,57)/t33-/m1/s1. The molecule has 1 atom stereocenters. The smallest absolute Gasteiger partial charge is 0.416 e. The molecule has 14 heteroatoms. The zero-order valence-corrected chi connectivity index (χ0v) is 37.9. The Morgan fingerprint density at radius 3 is 2.23 bits per heavy atom. The molecule has 1 fully saturated rings. The highest BCUT2D eigenvalue weighted by atomic mass is 16.6. The lowest BCUT2D eigenvalue weighted by Crippen LogP contribution is -2.57. The first-order chi connectivity index (χ1) is 28.4. The highest BCUT2D eigenvalue weighted by Gasteiger charge is 2.44. The number of rotatable bonds is 12. The zero-order valence-electron chi connectivity index (χ0n) is 37.9. The van der Waals surface area contributed by atoms with Crippen molar-refractivity contribution in [1.82, 2.24) is 19.5 Å². The van der Waals surface area contributed by atoms with E-state index in [0.717, 1.165) is 24.5 Å². The van der Waals surface area contributed by atoms with Gasteiger partial charge in [-0.3, -0.25) is 14.5 Å². The molecule has 0 bridgehead atoms. The molecule has 1 aliphatic rings. The zero-order chi connectivity index (χ0) is 45.1. The molecule has 0 aliphatic carbocycles. The molecule has 0 radical (unpaired) electrons. The molecule has 3 N–H and O–H groups in total. The number of carbonyl (C=O) groups is 4. The Hall–Kier alpha value is -5.92. The summed E-state index contributed by atoms with van der Waals surface area (Å²) >= 11 is 0. The number of fused-ring (bicyclic) bond motifs is 1. The first-order valence-electron chi connectivity index (χ1n) is 20.9. The third-order valence-electron chi connectivity index (χ3n) is 10.8. The van der Waals surface area contributed by atoms with Gasteiger partial charge in [-0.2, -0.15) is 9.61 Å². The maximum Gasteiger partial charge on any atom is 0.416 e. The van der Waals surface area contributed by atoms with Gasteiger partial charge in [-0.15, -0.1) is 0 Å². The second-order valence-corrected chi connectivity index (χ2v) is 19.5. The number of ether oxygens (including phenoxy) is 2. The minimum Gasteiger partial charge on any atom is -0.444 e. The number of carbonyl (C=O) groups excluding carboxylic acids is 4. The number of hydrogen-bond donors (Lipinski definition) is 3. The fourth-order valence-corrected chi connectivity index (χ4v) is 7.24. The summed E-state index contributed by atoms with van der Waals surface area (Å²) < 4.78 is 13.5. The molecule has 0 saturated carbocycles. The normalized spacial score (nSPS) is 15.6. The monoisotopic (exact) mass is 836 g/mol. The van der Waals surface area contributed by atoms with E-state index in [0.29, 0.717) is 52.9 Å². The van der Waals surface area contributed by atoms with Crippen molar-refractivity contribution < 1.29 is 28.7 Å². The second-order valence-electron chi connectivity index (χ2n) is 19.5. The van der Waals surface area contributed by atoms with Crippen LogP contribution in [0.2, 0.25) is 0 Å². The molecular weight excluding hydrogens is 773 g/mol. The van der Waals surface area contributed by atoms with Crippen LogP contribution in [0.15, 0.2) is 73.4 Å². The van der Waals surface area contributed by atoms with Crippen LogP contribution in [-0.4, -0.2) is 73.3 Å². The van der Waals surface area contributed by atoms with E-state index >= 15 is 0 Å². The summed E-state index contributed by atoms with van der Waals surface area (Å²) in [7, 11) is 0. The van der Waals surface area contributed by atoms with Gasteiger partial charge in [-0.1, -0.05) is 52.5 Å². The average Bonchev–Trinajstić information content (AvgIpc) is 3.59. The molecule has 61 heavy (non-hydrogen) atoms. The number of nitrogens with one attached hydrogen (secondary N) is 3. The fraction of sp³-hybridized carbons (Fsp3) is 0.489. The summed E-state index contributed by atoms with van der Waals surface area (Å²) in [6.07, 6.45) is 3.81. The minimum atomic E-state index is -0.808. The summed E-state index contributed by atoms with van der Waals surface area (Å²) in [6, 6.07) is 15.6. The minimum absolute atomic E-state index is 0.0704. The van der Waals surface area contributed by atoms with E-state index in [9.17, 15) is 19.2 Å². The summed E-state index contributed by atoms with van der Waals surface area (Å²) in [5.74, 6) is 0.484. The third kappa shape index (κ3) is 11.9. The largest absolute Gasteiger partial charge is 0.444 e. The van der Waals surface area contributed by atoms with Crippen LogP contribution in [0.25, 0.3) is 5.65 Å². The maximum atomic E-state index is 14.3. The number of anilines is 4. The lowest BCUT2D eigenvalue weighted by Gasteiger charge is -2.49. The van der Waals surface area contributed by atoms with Crippen molar-refractivity contribution >= 4 is 52.7 Å². The molecule has 5 rings (SSSR count). The van der Waals surface area contributed by atoms with Crippen LogP contribution in [-0.2, 0) is 20.8 Å². The molecule has 3 heterocycles. The summed E-state index contributed by atoms with van der Waals surface area (Å²) in [5.41, 5.74) is 1.51. The quantitative estimate of drug-likeness (QED) is 0.118. The lowest BCUT2D eigenvalue weighted by molar-refractivity contribution is -0.111. The van der Waals surface area contributed by atoms with Crippen molar-refractivity contribution in [2.75, 3.05) is 33.9 Å². The van der Waals surface area contributed by atoms with Gasteiger partial charge >= 0.3 is 12.2 Å². The van der Waals surface area contributed by atoms with Crippen LogP contribution in [0.5, 0.6) is 0 Å². The van der Waals surface area contributed by atoms with Crippen molar-refractivity contribution in [2.45, 2.75) is 125 Å². The number of amides is 4. The molecule has 1 saturated heterocycles. The van der Waals surface area contributed by atoms with E-state index in [2.05, 4.69) is 64.1 Å². The van der Waals surface area contributed by atoms with E-state index in [1.165, 1.54) is 4.90 Å². The average molecular weight is 837 g/mol. The predicted molar refractivity (Wildman–Crippen MR) is 241 cm³/mol. The van der Waals surface area contributed by atoms with Gasteiger partial charge in [0.25, 0.3) is 5.91 Å². The number of piperidine rings is 1. The Bertz CT molecular complexity index is 2260. The Morgan fingerprint density at radius 2 is 1.59 bits per heavy atom. The van der Waals surface area contributed by atoms with Crippen molar-refractivity contribution in [3.05, 3.63) is 90.1 Å². The van der Waals surface area contributed by atoms with Crippen LogP contribution in [0.4, 0.5) is 32.6 Å². The molecular formula is C47H64N8O6. The molecule has 4 amide bonds. The number of benzene rings is 2. The van der Waals surface area contributed by atoms with Gasteiger partial charge in [0.2, 0.25) is 5.91 Å².